The lowest BCUT2D eigenvalue weighted by molar-refractivity contribution is 0.581. The Kier molecular flexibility index (Phi) is 3.26. The van der Waals surface area contributed by atoms with Crippen molar-refractivity contribution in [2.75, 3.05) is 0 Å². The Bertz CT molecular complexity index is 688. The molecule has 19 heavy (non-hydrogen) atoms. The first-order valence-electron chi connectivity index (χ1n) is 6.47. The van der Waals surface area contributed by atoms with Crippen LogP contribution in [0.15, 0.2) is 54.9 Å². The zero-order valence-electron chi connectivity index (χ0n) is 10.8. The van der Waals surface area contributed by atoms with Gasteiger partial charge < -0.3 is 4.57 Å². The maximum Gasteiger partial charge on any atom is 0.141 e. The lowest BCUT2D eigenvalue weighted by Gasteiger charge is -2.18. The Balaban J connectivity index is 2.15. The molecule has 1 aromatic carbocycles. The summed E-state index contributed by atoms with van der Waals surface area (Å²) in [7, 11) is 0. The van der Waals surface area contributed by atoms with Crippen molar-refractivity contribution in [2.24, 2.45) is 0 Å². The van der Waals surface area contributed by atoms with Crippen molar-refractivity contribution >= 4 is 22.6 Å². The van der Waals surface area contributed by atoms with Crippen molar-refractivity contribution in [3.63, 3.8) is 0 Å². The molecule has 96 valence electrons. The molecule has 0 aliphatic rings. The summed E-state index contributed by atoms with van der Waals surface area (Å²) in [4.78, 5) is 4.47. The highest BCUT2D eigenvalue weighted by Crippen LogP contribution is 2.29. The number of nitrogens with zero attached hydrogens (tertiary/aromatic N) is 2. The first-order chi connectivity index (χ1) is 9.31. The van der Waals surface area contributed by atoms with E-state index < -0.39 is 0 Å². The first kappa shape index (κ1) is 12.2. The summed E-state index contributed by atoms with van der Waals surface area (Å²) in [5.74, 6) is 0. The van der Waals surface area contributed by atoms with Gasteiger partial charge in [-0.3, -0.25) is 0 Å². The fraction of sp³-hybridized carbons (Fsp3) is 0.188. The van der Waals surface area contributed by atoms with Crippen LogP contribution in [0.1, 0.15) is 24.9 Å². The third-order valence-corrected chi connectivity index (χ3v) is 3.80. The SMILES string of the molecule is CCC(c1ccccc1)n1ccc2c(Cl)ccnc21. The van der Waals surface area contributed by atoms with Crippen LogP contribution in [-0.2, 0) is 0 Å². The van der Waals surface area contributed by atoms with Crippen LogP contribution in [0.2, 0.25) is 5.02 Å². The van der Waals surface area contributed by atoms with Gasteiger partial charge in [0.2, 0.25) is 0 Å². The molecule has 0 saturated heterocycles. The van der Waals surface area contributed by atoms with Crippen LogP contribution in [-0.4, -0.2) is 9.55 Å². The van der Waals surface area contributed by atoms with E-state index in [-0.39, 0.29) is 0 Å². The van der Waals surface area contributed by atoms with Gasteiger partial charge in [-0.2, -0.15) is 0 Å². The molecule has 0 aliphatic heterocycles. The van der Waals surface area contributed by atoms with Crippen molar-refractivity contribution < 1.29 is 0 Å². The Morgan fingerprint density at radius 1 is 1.16 bits per heavy atom. The minimum atomic E-state index is 0.296. The van der Waals surface area contributed by atoms with Gasteiger partial charge in [-0.1, -0.05) is 48.9 Å². The molecule has 0 bridgehead atoms. The molecule has 0 amide bonds. The van der Waals surface area contributed by atoms with Crippen molar-refractivity contribution in [3.05, 3.63) is 65.4 Å². The fourth-order valence-corrected chi connectivity index (χ4v) is 2.75. The van der Waals surface area contributed by atoms with Crippen LogP contribution in [0.5, 0.6) is 0 Å². The first-order valence-corrected chi connectivity index (χ1v) is 6.85. The van der Waals surface area contributed by atoms with E-state index in [0.717, 1.165) is 22.5 Å². The number of pyridine rings is 1. The topological polar surface area (TPSA) is 17.8 Å². The lowest BCUT2D eigenvalue weighted by Crippen LogP contribution is -2.08. The zero-order valence-corrected chi connectivity index (χ0v) is 11.5. The average Bonchev–Trinajstić information content (AvgIpc) is 2.87. The second kappa shape index (κ2) is 5.06. The van der Waals surface area contributed by atoms with E-state index >= 15 is 0 Å². The quantitative estimate of drug-likeness (QED) is 0.675. The van der Waals surface area contributed by atoms with Gasteiger partial charge in [0.15, 0.2) is 0 Å². The summed E-state index contributed by atoms with van der Waals surface area (Å²) in [5, 5.41) is 1.77. The van der Waals surface area contributed by atoms with Crippen LogP contribution in [0, 0.1) is 0 Å². The molecule has 0 aliphatic carbocycles. The molecule has 2 heterocycles. The molecule has 2 nitrogen and oxygen atoms in total. The predicted octanol–water partition coefficient (Wildman–Crippen LogP) is 4.69. The monoisotopic (exact) mass is 270 g/mol. The van der Waals surface area contributed by atoms with E-state index in [0.29, 0.717) is 6.04 Å². The van der Waals surface area contributed by atoms with Gasteiger partial charge in [-0.25, -0.2) is 4.98 Å². The summed E-state index contributed by atoms with van der Waals surface area (Å²) >= 11 is 6.21. The Morgan fingerprint density at radius 3 is 2.68 bits per heavy atom. The number of rotatable bonds is 3. The third-order valence-electron chi connectivity index (χ3n) is 3.47. The largest absolute Gasteiger partial charge is 0.325 e. The molecule has 0 spiro atoms. The van der Waals surface area contributed by atoms with Crippen molar-refractivity contribution in [1.29, 1.82) is 0 Å². The maximum absolute atomic E-state index is 6.21. The molecule has 0 radical (unpaired) electrons. The summed E-state index contributed by atoms with van der Waals surface area (Å²) in [6, 6.07) is 14.7. The Morgan fingerprint density at radius 2 is 1.95 bits per heavy atom. The van der Waals surface area contributed by atoms with Gasteiger partial charge in [0.1, 0.15) is 5.65 Å². The highest BCUT2D eigenvalue weighted by Gasteiger charge is 2.15. The van der Waals surface area contributed by atoms with E-state index in [1.165, 1.54) is 5.56 Å². The highest BCUT2D eigenvalue weighted by atomic mass is 35.5. The molecule has 0 saturated carbocycles. The second-order valence-electron chi connectivity index (χ2n) is 4.59. The molecule has 0 fully saturated rings. The molecule has 3 heteroatoms. The molecular formula is C16H15ClN2. The number of aromatic nitrogens is 2. The van der Waals surface area contributed by atoms with Gasteiger partial charge in [0.25, 0.3) is 0 Å². The Hall–Kier alpha value is -1.80. The Labute approximate surface area is 117 Å². The number of halogens is 1. The van der Waals surface area contributed by atoms with Crippen LogP contribution in [0.3, 0.4) is 0 Å². The third kappa shape index (κ3) is 2.13. The molecule has 0 N–H and O–H groups in total. The second-order valence-corrected chi connectivity index (χ2v) is 4.99. The standard InChI is InChI=1S/C16H15ClN2/c1-2-15(12-6-4-3-5-7-12)19-11-9-13-14(17)8-10-18-16(13)19/h3-11,15H,2H2,1H3. The number of hydrogen-bond donors (Lipinski definition) is 0. The van der Waals surface area contributed by atoms with Gasteiger partial charge in [-0.15, -0.1) is 0 Å². The molecule has 3 rings (SSSR count). The molecule has 1 unspecified atom stereocenters. The highest BCUT2D eigenvalue weighted by molar-refractivity contribution is 6.35. The van der Waals surface area contributed by atoms with Crippen LogP contribution in [0.4, 0.5) is 0 Å². The average molecular weight is 271 g/mol. The van der Waals surface area contributed by atoms with Crippen molar-refractivity contribution in [3.8, 4) is 0 Å². The van der Waals surface area contributed by atoms with E-state index in [2.05, 4.69) is 46.9 Å². The summed E-state index contributed by atoms with van der Waals surface area (Å²) < 4.78 is 2.20. The van der Waals surface area contributed by atoms with E-state index in [4.69, 9.17) is 11.6 Å². The number of hydrogen-bond acceptors (Lipinski definition) is 1. The molecule has 1 atom stereocenters. The molecule has 3 aromatic rings. The smallest absolute Gasteiger partial charge is 0.141 e. The van der Waals surface area contributed by atoms with Gasteiger partial charge in [0, 0.05) is 17.8 Å². The van der Waals surface area contributed by atoms with Gasteiger partial charge in [-0.05, 0) is 24.1 Å². The summed E-state index contributed by atoms with van der Waals surface area (Å²) in [6.45, 7) is 2.19. The van der Waals surface area contributed by atoms with Gasteiger partial charge in [0.05, 0.1) is 11.1 Å². The fourth-order valence-electron chi connectivity index (χ4n) is 2.54. The normalized spacial score (nSPS) is 12.7. The van der Waals surface area contributed by atoms with E-state index in [1.54, 1.807) is 6.20 Å². The minimum absolute atomic E-state index is 0.296. The van der Waals surface area contributed by atoms with Crippen molar-refractivity contribution in [1.82, 2.24) is 9.55 Å². The summed E-state index contributed by atoms with van der Waals surface area (Å²) in [6.07, 6.45) is 4.85. The predicted molar refractivity (Wildman–Crippen MR) is 79.6 cm³/mol. The van der Waals surface area contributed by atoms with Crippen LogP contribution < -0.4 is 0 Å². The maximum atomic E-state index is 6.21. The number of benzene rings is 1. The van der Waals surface area contributed by atoms with Crippen LogP contribution in [0.25, 0.3) is 11.0 Å². The minimum Gasteiger partial charge on any atom is -0.325 e. The van der Waals surface area contributed by atoms with Gasteiger partial charge >= 0.3 is 0 Å². The molecular weight excluding hydrogens is 256 g/mol. The van der Waals surface area contributed by atoms with E-state index in [1.807, 2.05) is 18.2 Å². The summed E-state index contributed by atoms with van der Waals surface area (Å²) in [5.41, 5.74) is 2.24. The van der Waals surface area contributed by atoms with E-state index in [9.17, 15) is 0 Å². The lowest BCUT2D eigenvalue weighted by atomic mass is 10.0. The number of fused-ring (bicyclic) bond motifs is 1. The van der Waals surface area contributed by atoms with Crippen LogP contribution >= 0.6 is 11.6 Å². The van der Waals surface area contributed by atoms with Crippen molar-refractivity contribution in [2.45, 2.75) is 19.4 Å². The molecule has 2 aromatic heterocycles. The zero-order chi connectivity index (χ0) is 13.2.